The van der Waals surface area contributed by atoms with Gasteiger partial charge in [0.25, 0.3) is 5.91 Å². The minimum absolute atomic E-state index is 0.0936. The van der Waals surface area contributed by atoms with E-state index in [0.717, 1.165) is 23.2 Å². The average Bonchev–Trinajstić information content (AvgIpc) is 2.61. The first kappa shape index (κ1) is 18.7. The second kappa shape index (κ2) is 9.03. The van der Waals surface area contributed by atoms with Crippen molar-refractivity contribution in [3.05, 3.63) is 59.2 Å². The first-order chi connectivity index (χ1) is 12.0. The summed E-state index contributed by atoms with van der Waals surface area (Å²) in [5.41, 5.74) is 9.57. The van der Waals surface area contributed by atoms with Gasteiger partial charge in [-0.05, 0) is 67.4 Å². The number of carbonyl (C=O) groups excluding carboxylic acids is 1. The summed E-state index contributed by atoms with van der Waals surface area (Å²) in [7, 11) is 0. The molecule has 1 amide bonds. The van der Waals surface area contributed by atoms with Gasteiger partial charge in [0.2, 0.25) is 0 Å². The first-order valence-electron chi connectivity index (χ1n) is 8.13. The number of hydrazine groups is 1. The van der Waals surface area contributed by atoms with E-state index in [1.807, 2.05) is 56.3 Å². The van der Waals surface area contributed by atoms with Crippen molar-refractivity contribution in [1.82, 2.24) is 10.9 Å². The highest BCUT2D eigenvalue weighted by molar-refractivity contribution is 7.80. The van der Waals surface area contributed by atoms with E-state index >= 15 is 0 Å². The molecule has 2 rings (SSSR count). The number of benzene rings is 2. The highest BCUT2D eigenvalue weighted by Gasteiger charge is 2.06. The van der Waals surface area contributed by atoms with Gasteiger partial charge in [0.05, 0.1) is 0 Å². The Bertz CT molecular complexity index is 762. The Balaban J connectivity index is 1.77. The molecule has 0 aliphatic rings. The third-order valence-corrected chi connectivity index (χ3v) is 4.01. The van der Waals surface area contributed by atoms with E-state index in [1.165, 1.54) is 5.56 Å². The van der Waals surface area contributed by atoms with Crippen molar-refractivity contribution in [2.75, 3.05) is 11.9 Å². The molecule has 0 radical (unpaired) electrons. The van der Waals surface area contributed by atoms with Gasteiger partial charge in [-0.2, -0.15) is 0 Å². The van der Waals surface area contributed by atoms with Crippen LogP contribution >= 0.6 is 12.2 Å². The summed E-state index contributed by atoms with van der Waals surface area (Å²) in [6.45, 7) is 6.01. The summed E-state index contributed by atoms with van der Waals surface area (Å²) in [5.74, 6) is 0.349. The van der Waals surface area contributed by atoms with Crippen LogP contribution in [0.1, 0.15) is 23.6 Å². The number of nitrogens with one attached hydrogen (secondary N) is 3. The molecule has 0 bridgehead atoms. The lowest BCUT2D eigenvalue weighted by Gasteiger charge is -2.14. The number of carbonyl (C=O) groups is 1. The highest BCUT2D eigenvalue weighted by Crippen LogP contribution is 2.16. The molecular formula is C19H23N3O2S. The van der Waals surface area contributed by atoms with Gasteiger partial charge in [-0.25, -0.2) is 0 Å². The monoisotopic (exact) mass is 357 g/mol. The fourth-order valence-electron chi connectivity index (χ4n) is 2.22. The molecule has 2 aromatic rings. The molecule has 132 valence electrons. The van der Waals surface area contributed by atoms with E-state index in [4.69, 9.17) is 17.0 Å². The number of hydrogen-bond acceptors (Lipinski definition) is 3. The third kappa shape index (κ3) is 5.76. The third-order valence-electron chi connectivity index (χ3n) is 3.81. The van der Waals surface area contributed by atoms with Crippen molar-refractivity contribution in [3.63, 3.8) is 0 Å². The van der Waals surface area contributed by atoms with E-state index < -0.39 is 0 Å². The zero-order valence-electron chi connectivity index (χ0n) is 14.7. The van der Waals surface area contributed by atoms with Crippen LogP contribution in [-0.4, -0.2) is 17.6 Å². The number of hydrogen-bond donors (Lipinski definition) is 3. The Kier molecular flexibility index (Phi) is 6.77. The molecule has 0 unspecified atom stereocenters. The van der Waals surface area contributed by atoms with Gasteiger partial charge in [-0.3, -0.25) is 15.6 Å². The summed E-state index contributed by atoms with van der Waals surface area (Å²) in [6, 6.07) is 13.6. The van der Waals surface area contributed by atoms with Crippen LogP contribution in [0.3, 0.4) is 0 Å². The van der Waals surface area contributed by atoms with Crippen LogP contribution in [0.15, 0.2) is 42.5 Å². The smallest absolute Gasteiger partial charge is 0.276 e. The molecule has 3 N–H and O–H groups in total. The lowest BCUT2D eigenvalue weighted by molar-refractivity contribution is -0.123. The van der Waals surface area contributed by atoms with Crippen LogP contribution in [-0.2, 0) is 11.2 Å². The number of aryl methyl sites for hydroxylation is 3. The predicted molar refractivity (Wildman–Crippen MR) is 105 cm³/mol. The number of thiocarbonyl (C=S) groups is 1. The van der Waals surface area contributed by atoms with E-state index in [2.05, 4.69) is 23.1 Å². The molecule has 5 nitrogen and oxygen atoms in total. The van der Waals surface area contributed by atoms with E-state index in [0.29, 0.717) is 10.9 Å². The van der Waals surface area contributed by atoms with Gasteiger partial charge in [0, 0.05) is 5.69 Å². The van der Waals surface area contributed by atoms with Crippen molar-refractivity contribution in [2.45, 2.75) is 27.2 Å². The second-order valence-corrected chi connectivity index (χ2v) is 6.08. The average molecular weight is 357 g/mol. The topological polar surface area (TPSA) is 62.4 Å². The summed E-state index contributed by atoms with van der Waals surface area (Å²) in [5, 5.41) is 3.39. The van der Waals surface area contributed by atoms with Crippen LogP contribution < -0.4 is 20.9 Å². The minimum atomic E-state index is -0.314. The minimum Gasteiger partial charge on any atom is -0.484 e. The van der Waals surface area contributed by atoms with Crippen LogP contribution in [0, 0.1) is 13.8 Å². The maximum Gasteiger partial charge on any atom is 0.276 e. The largest absolute Gasteiger partial charge is 0.484 e. The molecule has 0 spiro atoms. The van der Waals surface area contributed by atoms with Gasteiger partial charge in [-0.15, -0.1) is 0 Å². The molecule has 2 aromatic carbocycles. The van der Waals surface area contributed by atoms with Crippen LogP contribution in [0.25, 0.3) is 0 Å². The number of rotatable bonds is 5. The summed E-state index contributed by atoms with van der Waals surface area (Å²) in [6.07, 6.45) is 0.891. The molecule has 0 saturated heterocycles. The van der Waals surface area contributed by atoms with Crippen LogP contribution in [0.2, 0.25) is 0 Å². The Morgan fingerprint density at radius 2 is 1.84 bits per heavy atom. The van der Waals surface area contributed by atoms with Crippen molar-refractivity contribution in [3.8, 4) is 5.75 Å². The maximum absolute atomic E-state index is 11.9. The van der Waals surface area contributed by atoms with Crippen molar-refractivity contribution >= 4 is 28.9 Å². The lowest BCUT2D eigenvalue weighted by atomic mass is 10.1. The molecule has 25 heavy (non-hydrogen) atoms. The normalized spacial score (nSPS) is 10.0. The van der Waals surface area contributed by atoms with Gasteiger partial charge in [-0.1, -0.05) is 31.2 Å². The van der Waals surface area contributed by atoms with Gasteiger partial charge >= 0.3 is 0 Å². The Hall–Kier alpha value is -2.60. The highest BCUT2D eigenvalue weighted by atomic mass is 32.1. The molecule has 6 heteroatoms. The number of anilines is 1. The molecule has 0 heterocycles. The van der Waals surface area contributed by atoms with Gasteiger partial charge in [0.15, 0.2) is 11.7 Å². The Morgan fingerprint density at radius 3 is 2.56 bits per heavy atom. The number of amides is 1. The van der Waals surface area contributed by atoms with Crippen molar-refractivity contribution < 1.29 is 9.53 Å². The number of ether oxygens (including phenoxy) is 1. The first-order valence-corrected chi connectivity index (χ1v) is 8.54. The molecule has 0 fully saturated rings. The SMILES string of the molecule is CCc1ccccc1NC(=S)NNC(=O)COc1ccc(C)c(C)c1. The molecule has 0 aliphatic carbocycles. The van der Waals surface area contributed by atoms with Crippen LogP contribution in [0.5, 0.6) is 5.75 Å². The molecule has 0 atom stereocenters. The molecule has 0 saturated carbocycles. The molecule has 0 aliphatic heterocycles. The zero-order chi connectivity index (χ0) is 18.2. The second-order valence-electron chi connectivity index (χ2n) is 5.67. The zero-order valence-corrected chi connectivity index (χ0v) is 15.5. The summed E-state index contributed by atoms with van der Waals surface area (Å²) < 4.78 is 5.47. The predicted octanol–water partition coefficient (Wildman–Crippen LogP) is 3.26. The maximum atomic E-state index is 11.9. The molecular weight excluding hydrogens is 334 g/mol. The quantitative estimate of drug-likeness (QED) is 0.566. The standard InChI is InChI=1S/C19H23N3O2S/c1-4-15-7-5-6-8-17(15)20-19(25)22-21-18(23)12-24-16-10-9-13(2)14(3)11-16/h5-11H,4,12H2,1-3H3,(H,21,23)(H2,20,22,25). The molecule has 0 aromatic heterocycles. The fourth-order valence-corrected chi connectivity index (χ4v) is 2.38. The Labute approximate surface area is 153 Å². The fraction of sp³-hybridized carbons (Fsp3) is 0.263. The number of para-hydroxylation sites is 1. The Morgan fingerprint density at radius 1 is 1.08 bits per heavy atom. The van der Waals surface area contributed by atoms with Crippen molar-refractivity contribution in [1.29, 1.82) is 0 Å². The van der Waals surface area contributed by atoms with E-state index in [9.17, 15) is 4.79 Å². The van der Waals surface area contributed by atoms with Crippen molar-refractivity contribution in [2.24, 2.45) is 0 Å². The van der Waals surface area contributed by atoms with E-state index in [1.54, 1.807) is 0 Å². The van der Waals surface area contributed by atoms with E-state index in [-0.39, 0.29) is 12.5 Å². The summed E-state index contributed by atoms with van der Waals surface area (Å²) >= 11 is 5.19. The van der Waals surface area contributed by atoms with Gasteiger partial charge in [0.1, 0.15) is 5.75 Å². The summed E-state index contributed by atoms with van der Waals surface area (Å²) in [4.78, 5) is 11.9. The van der Waals surface area contributed by atoms with Crippen LogP contribution in [0.4, 0.5) is 5.69 Å². The lowest BCUT2D eigenvalue weighted by Crippen LogP contribution is -2.45. The van der Waals surface area contributed by atoms with Gasteiger partial charge < -0.3 is 10.1 Å².